The summed E-state index contributed by atoms with van der Waals surface area (Å²) in [4.78, 5) is 37.1. The number of piperidine rings is 1. The third kappa shape index (κ3) is 4.53. The minimum Gasteiger partial charge on any atom is -0.511 e. The Morgan fingerprint density at radius 2 is 1.96 bits per heavy atom. The Bertz CT molecular complexity index is 503. The van der Waals surface area contributed by atoms with Gasteiger partial charge in [-0.2, -0.15) is 0 Å². The maximum absolute atomic E-state index is 13.0. The monoisotopic (exact) mass is 327 g/mol. The van der Waals surface area contributed by atoms with Crippen LogP contribution in [0.15, 0.2) is 11.3 Å². The molecule has 0 radical (unpaired) electrons. The van der Waals surface area contributed by atoms with Crippen molar-refractivity contribution in [3.8, 4) is 0 Å². The number of nitrogens with zero attached hydrogens (tertiary/aromatic N) is 1. The molecule has 23 heavy (non-hydrogen) atoms. The van der Waals surface area contributed by atoms with Gasteiger partial charge in [0.25, 0.3) is 0 Å². The SMILES string of the molecule is C[C@@H]1CC(=O)/C(=C(\O)CCCC(=O)N2CCC(F)CC2)C(=O)O1. The third-order valence-electron chi connectivity index (χ3n) is 4.13. The number of likely N-dealkylation sites (tertiary alicyclic amines) is 1. The molecule has 2 fully saturated rings. The van der Waals surface area contributed by atoms with Gasteiger partial charge in [-0.05, 0) is 26.2 Å². The van der Waals surface area contributed by atoms with Gasteiger partial charge in [0.05, 0.1) is 0 Å². The summed E-state index contributed by atoms with van der Waals surface area (Å²) in [7, 11) is 0. The highest BCUT2D eigenvalue weighted by Gasteiger charge is 2.32. The number of alkyl halides is 1. The molecule has 128 valence electrons. The molecule has 0 saturated carbocycles. The molecule has 2 aliphatic heterocycles. The molecule has 0 aromatic heterocycles. The molecule has 0 aliphatic carbocycles. The maximum Gasteiger partial charge on any atom is 0.345 e. The first-order valence-electron chi connectivity index (χ1n) is 7.96. The van der Waals surface area contributed by atoms with Crippen molar-refractivity contribution < 1.29 is 28.6 Å². The van der Waals surface area contributed by atoms with Gasteiger partial charge in [-0.25, -0.2) is 9.18 Å². The highest BCUT2D eigenvalue weighted by Crippen LogP contribution is 2.21. The second-order valence-corrected chi connectivity index (χ2v) is 6.07. The molecule has 2 saturated heterocycles. The van der Waals surface area contributed by atoms with E-state index >= 15 is 0 Å². The molecular weight excluding hydrogens is 305 g/mol. The molecular formula is C16H22FNO5. The summed E-state index contributed by atoms with van der Waals surface area (Å²) >= 11 is 0. The first-order chi connectivity index (χ1) is 10.9. The highest BCUT2D eigenvalue weighted by molar-refractivity contribution is 6.19. The van der Waals surface area contributed by atoms with Crippen LogP contribution in [-0.2, 0) is 19.1 Å². The molecule has 6 nitrogen and oxygen atoms in total. The van der Waals surface area contributed by atoms with E-state index in [-0.39, 0.29) is 36.5 Å². The number of esters is 1. The van der Waals surface area contributed by atoms with Gasteiger partial charge >= 0.3 is 5.97 Å². The van der Waals surface area contributed by atoms with Gasteiger partial charge in [0.1, 0.15) is 23.6 Å². The van der Waals surface area contributed by atoms with Crippen molar-refractivity contribution in [2.24, 2.45) is 0 Å². The topological polar surface area (TPSA) is 83.9 Å². The van der Waals surface area contributed by atoms with E-state index in [0.29, 0.717) is 32.4 Å². The summed E-state index contributed by atoms with van der Waals surface area (Å²) in [5.41, 5.74) is -0.297. The summed E-state index contributed by atoms with van der Waals surface area (Å²) in [6, 6.07) is 0. The summed E-state index contributed by atoms with van der Waals surface area (Å²) in [6.45, 7) is 2.44. The second-order valence-electron chi connectivity index (χ2n) is 6.07. The van der Waals surface area contributed by atoms with E-state index in [9.17, 15) is 23.9 Å². The van der Waals surface area contributed by atoms with Crippen LogP contribution in [0.3, 0.4) is 0 Å². The fraction of sp³-hybridized carbons (Fsp3) is 0.688. The number of hydrogen-bond acceptors (Lipinski definition) is 5. The molecule has 1 atom stereocenters. The number of carbonyl (C=O) groups is 3. The number of rotatable bonds is 4. The smallest absolute Gasteiger partial charge is 0.345 e. The Balaban J connectivity index is 1.83. The van der Waals surface area contributed by atoms with Gasteiger partial charge in [0, 0.05) is 32.4 Å². The van der Waals surface area contributed by atoms with Crippen LogP contribution in [0.4, 0.5) is 4.39 Å². The number of halogens is 1. The first-order valence-corrected chi connectivity index (χ1v) is 7.96. The minimum absolute atomic E-state index is 0.0578. The van der Waals surface area contributed by atoms with E-state index < -0.39 is 24.0 Å². The van der Waals surface area contributed by atoms with Gasteiger partial charge in [-0.15, -0.1) is 0 Å². The van der Waals surface area contributed by atoms with E-state index in [1.54, 1.807) is 11.8 Å². The van der Waals surface area contributed by atoms with Crippen molar-refractivity contribution in [2.75, 3.05) is 13.1 Å². The third-order valence-corrected chi connectivity index (χ3v) is 4.13. The quantitative estimate of drug-likeness (QED) is 0.369. The number of Topliss-reactive ketones (excluding diaryl/α,β-unsaturated/α-hetero) is 1. The number of amides is 1. The minimum atomic E-state index is -0.835. The Kier molecular flexibility index (Phi) is 5.74. The predicted octanol–water partition coefficient (Wildman–Crippen LogP) is 1.83. The van der Waals surface area contributed by atoms with E-state index in [1.807, 2.05) is 0 Å². The number of ketones is 1. The van der Waals surface area contributed by atoms with Gasteiger partial charge in [0.2, 0.25) is 5.91 Å². The maximum atomic E-state index is 13.0. The number of cyclic esters (lactones) is 1. The van der Waals surface area contributed by atoms with E-state index in [4.69, 9.17) is 4.74 Å². The normalized spacial score (nSPS) is 25.3. The van der Waals surface area contributed by atoms with E-state index in [2.05, 4.69) is 0 Å². The molecule has 1 N–H and O–H groups in total. The summed E-state index contributed by atoms with van der Waals surface area (Å²) in [5.74, 6) is -1.65. The summed E-state index contributed by atoms with van der Waals surface area (Å²) in [5, 5.41) is 9.94. The highest BCUT2D eigenvalue weighted by atomic mass is 19.1. The largest absolute Gasteiger partial charge is 0.511 e. The number of allylic oxidation sites excluding steroid dienone is 1. The van der Waals surface area contributed by atoms with Crippen LogP contribution < -0.4 is 0 Å². The standard InChI is InChI=1S/C16H22FNO5/c1-10-9-13(20)15(16(22)23-10)12(19)3-2-4-14(21)18-7-5-11(17)6-8-18/h10-11,19H,2-9H2,1H3/b15-12+/t10-/m1/s1. The van der Waals surface area contributed by atoms with Crippen molar-refractivity contribution in [3.05, 3.63) is 11.3 Å². The van der Waals surface area contributed by atoms with Crippen LogP contribution in [0.2, 0.25) is 0 Å². The summed E-state index contributed by atoms with van der Waals surface area (Å²) in [6.07, 6.45) is 0.0375. The fourth-order valence-electron chi connectivity index (χ4n) is 2.83. The molecule has 0 bridgehead atoms. The second kappa shape index (κ2) is 7.57. The Labute approximate surface area is 134 Å². The lowest BCUT2D eigenvalue weighted by Crippen LogP contribution is -2.38. The van der Waals surface area contributed by atoms with Crippen LogP contribution in [0.25, 0.3) is 0 Å². The van der Waals surface area contributed by atoms with Gasteiger partial charge in [0.15, 0.2) is 5.78 Å². The Morgan fingerprint density at radius 1 is 1.30 bits per heavy atom. The van der Waals surface area contributed by atoms with Crippen molar-refractivity contribution in [2.45, 2.75) is 57.7 Å². The lowest BCUT2D eigenvalue weighted by Gasteiger charge is -2.28. The zero-order chi connectivity index (χ0) is 17.0. The molecule has 0 aromatic rings. The molecule has 2 aliphatic rings. The van der Waals surface area contributed by atoms with Crippen molar-refractivity contribution in [3.63, 3.8) is 0 Å². The number of hydrogen-bond donors (Lipinski definition) is 1. The lowest BCUT2D eigenvalue weighted by atomic mass is 9.99. The van der Waals surface area contributed by atoms with Gasteiger partial charge < -0.3 is 14.7 Å². The van der Waals surface area contributed by atoms with E-state index in [1.165, 1.54) is 0 Å². The number of ether oxygens (including phenoxy) is 1. The van der Waals surface area contributed by atoms with Crippen LogP contribution in [-0.4, -0.2) is 53.0 Å². The number of aliphatic hydroxyl groups is 1. The van der Waals surface area contributed by atoms with Gasteiger partial charge in [-0.1, -0.05) is 0 Å². The van der Waals surface area contributed by atoms with Gasteiger partial charge in [-0.3, -0.25) is 9.59 Å². The number of aliphatic hydroxyl groups excluding tert-OH is 1. The molecule has 0 unspecified atom stereocenters. The zero-order valence-corrected chi connectivity index (χ0v) is 13.2. The predicted molar refractivity (Wildman–Crippen MR) is 79.4 cm³/mol. The van der Waals surface area contributed by atoms with Crippen LogP contribution >= 0.6 is 0 Å². The van der Waals surface area contributed by atoms with E-state index in [0.717, 1.165) is 0 Å². The molecule has 0 spiro atoms. The Hall–Kier alpha value is -1.92. The van der Waals surface area contributed by atoms with Crippen molar-refractivity contribution in [1.29, 1.82) is 0 Å². The van der Waals surface area contributed by atoms with Crippen LogP contribution in [0, 0.1) is 0 Å². The van der Waals surface area contributed by atoms with Crippen LogP contribution in [0.5, 0.6) is 0 Å². The molecule has 0 aromatic carbocycles. The van der Waals surface area contributed by atoms with Crippen molar-refractivity contribution in [1.82, 2.24) is 4.90 Å². The number of carbonyl (C=O) groups excluding carboxylic acids is 3. The summed E-state index contributed by atoms with van der Waals surface area (Å²) < 4.78 is 18.0. The molecule has 1 amide bonds. The van der Waals surface area contributed by atoms with Crippen LogP contribution in [0.1, 0.15) is 45.4 Å². The van der Waals surface area contributed by atoms with Crippen molar-refractivity contribution >= 4 is 17.7 Å². The zero-order valence-electron chi connectivity index (χ0n) is 13.2. The fourth-order valence-corrected chi connectivity index (χ4v) is 2.83. The first kappa shape index (κ1) is 17.4. The Morgan fingerprint density at radius 3 is 2.57 bits per heavy atom. The molecule has 2 heterocycles. The average Bonchev–Trinajstić information content (AvgIpc) is 2.46. The average molecular weight is 327 g/mol. The lowest BCUT2D eigenvalue weighted by molar-refractivity contribution is -0.150. The molecule has 7 heteroatoms. The molecule has 2 rings (SSSR count).